The van der Waals surface area contributed by atoms with Crippen molar-refractivity contribution in [3.63, 3.8) is 0 Å². The van der Waals surface area contributed by atoms with Gasteiger partial charge in [-0.3, -0.25) is 4.79 Å². The molecule has 1 atom stereocenters. The normalized spacial score (nSPS) is 29.3. The summed E-state index contributed by atoms with van der Waals surface area (Å²) in [5, 5.41) is -0.653. The first-order valence-corrected chi connectivity index (χ1v) is 5.36. The highest BCUT2D eigenvalue weighted by molar-refractivity contribution is 6.43. The van der Waals surface area contributed by atoms with Crippen LogP contribution in [-0.4, -0.2) is 49.2 Å². The summed E-state index contributed by atoms with van der Waals surface area (Å²) in [6.07, 6.45) is 0. The summed E-state index contributed by atoms with van der Waals surface area (Å²) < 4.78 is 10.8. The number of carbonyl (C=O) groups is 1. The molecule has 4 nitrogen and oxygen atoms in total. The first-order valence-electron chi connectivity index (χ1n) is 4.54. The van der Waals surface area contributed by atoms with Gasteiger partial charge in [0.05, 0.1) is 13.2 Å². The Kier molecular flexibility index (Phi) is 2.71. The van der Waals surface area contributed by atoms with Crippen LogP contribution in [0.15, 0.2) is 10.7 Å². The Morgan fingerprint density at radius 2 is 1.93 bits per heavy atom. The molecule has 0 aromatic rings. The van der Waals surface area contributed by atoms with E-state index in [0.29, 0.717) is 18.9 Å². The van der Waals surface area contributed by atoms with Crippen LogP contribution in [0.1, 0.15) is 0 Å². The largest absolute Gasteiger partial charge is 0.374 e. The number of Topliss-reactive ketones (excluding diaryl/α,β-unsaturated/α-hetero) is 1. The van der Waals surface area contributed by atoms with Crippen LogP contribution < -0.4 is 0 Å². The molecule has 6 heteroatoms. The van der Waals surface area contributed by atoms with E-state index in [2.05, 4.69) is 0 Å². The number of rotatable bonds is 1. The Morgan fingerprint density at radius 3 is 2.33 bits per heavy atom. The van der Waals surface area contributed by atoms with Crippen molar-refractivity contribution >= 4 is 29.0 Å². The highest BCUT2D eigenvalue weighted by Gasteiger charge is 2.58. The van der Waals surface area contributed by atoms with Crippen LogP contribution in [0.2, 0.25) is 0 Å². The number of hydrogen-bond acceptors (Lipinski definition) is 4. The molecule has 1 unspecified atom stereocenters. The fraction of sp³-hybridized carbons (Fsp3) is 0.667. The Bertz CT molecular complexity index is 334. The third kappa shape index (κ3) is 1.40. The smallest absolute Gasteiger partial charge is 0.232 e. The van der Waals surface area contributed by atoms with Crippen LogP contribution in [0.25, 0.3) is 0 Å². The van der Waals surface area contributed by atoms with Gasteiger partial charge >= 0.3 is 0 Å². The number of alkyl halides is 1. The number of ketones is 1. The summed E-state index contributed by atoms with van der Waals surface area (Å²) >= 11 is 12.1. The van der Waals surface area contributed by atoms with Crippen molar-refractivity contribution in [2.24, 2.45) is 0 Å². The van der Waals surface area contributed by atoms with Crippen LogP contribution in [0.5, 0.6) is 0 Å². The molecule has 1 fully saturated rings. The summed E-state index contributed by atoms with van der Waals surface area (Å²) in [7, 11) is 3.46. The molecule has 1 heterocycles. The summed E-state index contributed by atoms with van der Waals surface area (Å²) in [5.74, 6) is -1.51. The molecule has 15 heavy (non-hydrogen) atoms. The second-order valence-electron chi connectivity index (χ2n) is 3.65. The van der Waals surface area contributed by atoms with E-state index in [1.165, 1.54) is 0 Å². The molecule has 84 valence electrons. The molecule has 1 spiro atoms. The van der Waals surface area contributed by atoms with Gasteiger partial charge in [-0.25, -0.2) is 0 Å². The zero-order valence-electron chi connectivity index (χ0n) is 8.42. The van der Waals surface area contributed by atoms with Crippen molar-refractivity contribution in [1.29, 1.82) is 0 Å². The Balaban J connectivity index is 2.46. The minimum Gasteiger partial charge on any atom is -0.374 e. The molecule has 1 saturated heterocycles. The third-order valence-corrected chi connectivity index (χ3v) is 3.40. The number of hydrogen-bond donors (Lipinski definition) is 0. The number of likely N-dealkylation sites (N-methyl/N-ethyl adjacent to an activating group) is 1. The predicted molar refractivity (Wildman–Crippen MR) is 55.8 cm³/mol. The topological polar surface area (TPSA) is 38.8 Å². The van der Waals surface area contributed by atoms with E-state index in [1.54, 1.807) is 19.0 Å². The van der Waals surface area contributed by atoms with E-state index in [-0.39, 0.29) is 10.8 Å². The fourth-order valence-electron chi connectivity index (χ4n) is 1.80. The van der Waals surface area contributed by atoms with Crippen LogP contribution in [0, 0.1) is 0 Å². The van der Waals surface area contributed by atoms with Gasteiger partial charge in [-0.15, -0.1) is 11.6 Å². The minimum atomic E-state index is -1.25. The van der Waals surface area contributed by atoms with Crippen LogP contribution in [0.4, 0.5) is 0 Å². The third-order valence-electron chi connectivity index (χ3n) is 2.47. The average Bonchev–Trinajstić information content (AvgIpc) is 2.70. The average molecular weight is 252 g/mol. The highest BCUT2D eigenvalue weighted by Crippen LogP contribution is 2.45. The first-order chi connectivity index (χ1) is 7.00. The molecular weight excluding hydrogens is 241 g/mol. The van der Waals surface area contributed by atoms with E-state index in [9.17, 15) is 4.79 Å². The molecule has 1 aliphatic heterocycles. The van der Waals surface area contributed by atoms with Crippen molar-refractivity contribution < 1.29 is 14.3 Å². The number of halogens is 2. The zero-order valence-corrected chi connectivity index (χ0v) is 9.93. The predicted octanol–water partition coefficient (Wildman–Crippen LogP) is 0.932. The van der Waals surface area contributed by atoms with Gasteiger partial charge in [0.15, 0.2) is 5.38 Å². The second kappa shape index (κ2) is 3.63. The maximum absolute atomic E-state index is 11.8. The zero-order chi connectivity index (χ0) is 11.2. The van der Waals surface area contributed by atoms with Crippen LogP contribution in [0.3, 0.4) is 0 Å². The number of nitrogens with zero attached hydrogens (tertiary/aromatic N) is 1. The maximum atomic E-state index is 11.8. The Hall–Kier alpha value is -0.290. The van der Waals surface area contributed by atoms with E-state index in [0.717, 1.165) is 0 Å². The second-order valence-corrected chi connectivity index (χ2v) is 4.46. The van der Waals surface area contributed by atoms with Gasteiger partial charge in [-0.2, -0.15) is 0 Å². The Labute approximate surface area is 97.7 Å². The van der Waals surface area contributed by atoms with Crippen molar-refractivity contribution in [3.05, 3.63) is 10.7 Å². The van der Waals surface area contributed by atoms with Gasteiger partial charge in [0.1, 0.15) is 10.7 Å². The van der Waals surface area contributed by atoms with Gasteiger partial charge in [0, 0.05) is 14.1 Å². The number of ether oxygens (including phenoxy) is 2. The lowest BCUT2D eigenvalue weighted by molar-refractivity contribution is -0.135. The van der Waals surface area contributed by atoms with Crippen molar-refractivity contribution in [2.45, 2.75) is 11.2 Å². The maximum Gasteiger partial charge on any atom is 0.232 e. The van der Waals surface area contributed by atoms with E-state index in [1.807, 2.05) is 0 Å². The molecule has 0 amide bonds. The van der Waals surface area contributed by atoms with E-state index >= 15 is 0 Å². The van der Waals surface area contributed by atoms with E-state index in [4.69, 9.17) is 32.7 Å². The van der Waals surface area contributed by atoms with Crippen LogP contribution >= 0.6 is 23.2 Å². The van der Waals surface area contributed by atoms with Gasteiger partial charge in [-0.1, -0.05) is 11.6 Å². The van der Waals surface area contributed by atoms with Gasteiger partial charge in [0.2, 0.25) is 11.6 Å². The molecule has 2 aliphatic rings. The SMILES string of the molecule is CN(C)C1=C(Cl)C2(OCCO2)C(Cl)C1=O. The molecule has 0 N–H and O–H groups in total. The molecule has 1 aliphatic carbocycles. The van der Waals surface area contributed by atoms with Crippen molar-refractivity contribution in [1.82, 2.24) is 4.90 Å². The molecule has 0 saturated carbocycles. The van der Waals surface area contributed by atoms with Gasteiger partial charge in [-0.05, 0) is 0 Å². The first kappa shape index (κ1) is 11.2. The molecule has 0 aromatic carbocycles. The standard InChI is InChI=1S/C9H11Cl2NO3/c1-12(2)5-6(13)8(11)9(7(5)10)14-3-4-15-9/h8H,3-4H2,1-2H3. The molecule has 0 bridgehead atoms. The van der Waals surface area contributed by atoms with E-state index < -0.39 is 11.2 Å². The van der Waals surface area contributed by atoms with Crippen LogP contribution in [-0.2, 0) is 14.3 Å². The molecule has 0 aromatic heterocycles. The van der Waals surface area contributed by atoms with Crippen molar-refractivity contribution in [3.8, 4) is 0 Å². The molecular formula is C9H11Cl2NO3. The highest BCUT2D eigenvalue weighted by atomic mass is 35.5. The molecule has 2 rings (SSSR count). The number of allylic oxidation sites excluding steroid dienone is 1. The lowest BCUT2D eigenvalue weighted by Crippen LogP contribution is -2.40. The molecule has 0 radical (unpaired) electrons. The summed E-state index contributed by atoms with van der Waals surface area (Å²) in [6.45, 7) is 0.793. The Morgan fingerprint density at radius 1 is 1.40 bits per heavy atom. The fourth-order valence-corrected chi connectivity index (χ4v) is 2.67. The van der Waals surface area contributed by atoms with Gasteiger partial charge < -0.3 is 14.4 Å². The minimum absolute atomic E-state index is 0.245. The quantitative estimate of drug-likeness (QED) is 0.651. The summed E-state index contributed by atoms with van der Waals surface area (Å²) in [6, 6.07) is 0. The van der Waals surface area contributed by atoms with Gasteiger partial charge in [0.25, 0.3) is 0 Å². The monoisotopic (exact) mass is 251 g/mol. The number of carbonyl (C=O) groups excluding carboxylic acids is 1. The summed E-state index contributed by atoms with van der Waals surface area (Å²) in [5.41, 5.74) is 0.360. The summed E-state index contributed by atoms with van der Waals surface area (Å²) in [4.78, 5) is 13.5. The van der Waals surface area contributed by atoms with Crippen molar-refractivity contribution in [2.75, 3.05) is 27.3 Å². The lowest BCUT2D eigenvalue weighted by Gasteiger charge is -2.24. The lowest BCUT2D eigenvalue weighted by atomic mass is 10.2.